The van der Waals surface area contributed by atoms with Crippen LogP contribution in [0.5, 0.6) is 0 Å². The molecule has 1 heterocycles. The third kappa shape index (κ3) is 1.09. The first kappa shape index (κ1) is 7.40. The average Bonchev–Trinajstić information content (AvgIpc) is 2.33. The van der Waals surface area contributed by atoms with E-state index < -0.39 is 0 Å². The number of aromatic amines is 1. The van der Waals surface area contributed by atoms with E-state index in [1.54, 1.807) is 6.33 Å². The quantitative estimate of drug-likeness (QED) is 0.436. The van der Waals surface area contributed by atoms with Crippen LogP contribution < -0.4 is 18.9 Å². The van der Waals surface area contributed by atoms with Crippen LogP contribution in [0.25, 0.3) is 11.0 Å². The number of H-pyrrole nitrogens is 1. The minimum Gasteiger partial charge on any atom is -1.00 e. The predicted molar refractivity (Wildman–Crippen MR) is 37.2 cm³/mol. The van der Waals surface area contributed by atoms with E-state index in [-0.39, 0.29) is 20.3 Å². The monoisotopic (exact) mass is 126 g/mol. The van der Waals surface area contributed by atoms with Crippen molar-refractivity contribution in [3.8, 4) is 0 Å². The molecule has 0 fully saturated rings. The van der Waals surface area contributed by atoms with Crippen molar-refractivity contribution in [2.45, 2.75) is 0 Å². The van der Waals surface area contributed by atoms with E-state index in [9.17, 15) is 0 Å². The van der Waals surface area contributed by atoms with Gasteiger partial charge >= 0.3 is 18.9 Å². The molecule has 0 atom stereocenters. The van der Waals surface area contributed by atoms with Crippen LogP contribution in [0.15, 0.2) is 30.6 Å². The molecule has 0 aliphatic rings. The van der Waals surface area contributed by atoms with Gasteiger partial charge in [-0.05, 0) is 12.1 Å². The van der Waals surface area contributed by atoms with E-state index in [0.717, 1.165) is 11.0 Å². The van der Waals surface area contributed by atoms with Gasteiger partial charge in [0, 0.05) is 0 Å². The Kier molecular flexibility index (Phi) is 2.16. The zero-order chi connectivity index (χ0) is 6.10. The summed E-state index contributed by atoms with van der Waals surface area (Å²) in [4.78, 5) is 7.07. The van der Waals surface area contributed by atoms with Crippen LogP contribution in [0.1, 0.15) is 1.43 Å². The number of aromatic nitrogens is 2. The second kappa shape index (κ2) is 2.92. The third-order valence-corrected chi connectivity index (χ3v) is 1.33. The first-order valence-electron chi connectivity index (χ1n) is 2.85. The first-order valence-corrected chi connectivity index (χ1v) is 2.85. The second-order valence-corrected chi connectivity index (χ2v) is 1.92. The van der Waals surface area contributed by atoms with Crippen LogP contribution in [0.3, 0.4) is 0 Å². The molecule has 1 N–H and O–H groups in total. The van der Waals surface area contributed by atoms with Gasteiger partial charge in [0.2, 0.25) is 0 Å². The van der Waals surface area contributed by atoms with E-state index >= 15 is 0 Å². The van der Waals surface area contributed by atoms with Crippen molar-refractivity contribution in [2.24, 2.45) is 0 Å². The van der Waals surface area contributed by atoms with Gasteiger partial charge in [-0.25, -0.2) is 4.98 Å². The summed E-state index contributed by atoms with van der Waals surface area (Å²) >= 11 is 0. The molecule has 10 heavy (non-hydrogen) atoms. The van der Waals surface area contributed by atoms with E-state index in [1.165, 1.54) is 0 Å². The summed E-state index contributed by atoms with van der Waals surface area (Å²) in [5.41, 5.74) is 2.12. The number of fused-ring (bicyclic) bond motifs is 1. The minimum atomic E-state index is 0. The van der Waals surface area contributed by atoms with Crippen molar-refractivity contribution in [3.05, 3.63) is 30.6 Å². The normalized spacial score (nSPS) is 9.20. The Bertz CT molecular complexity index is 290. The summed E-state index contributed by atoms with van der Waals surface area (Å²) in [5, 5.41) is 0. The summed E-state index contributed by atoms with van der Waals surface area (Å²) < 4.78 is 0. The largest absolute Gasteiger partial charge is 1.00 e. The van der Waals surface area contributed by atoms with Crippen LogP contribution in [0.4, 0.5) is 0 Å². The average molecular weight is 126 g/mol. The fourth-order valence-corrected chi connectivity index (χ4v) is 0.880. The maximum atomic E-state index is 4.06. The second-order valence-electron chi connectivity index (χ2n) is 1.92. The summed E-state index contributed by atoms with van der Waals surface area (Å²) in [5.74, 6) is 0. The molecule has 0 aliphatic carbocycles. The first-order chi connectivity index (χ1) is 4.47. The molecule has 0 spiro atoms. The topological polar surface area (TPSA) is 28.7 Å². The summed E-state index contributed by atoms with van der Waals surface area (Å²) in [6, 6.07) is 7.94. The number of rotatable bonds is 0. The number of nitrogens with one attached hydrogen (secondary N) is 1. The molecule has 3 heteroatoms. The molecule has 2 nitrogen and oxygen atoms in total. The van der Waals surface area contributed by atoms with Gasteiger partial charge in [-0.1, -0.05) is 12.1 Å². The van der Waals surface area contributed by atoms with Gasteiger partial charge in [0.1, 0.15) is 0 Å². The Morgan fingerprint density at radius 2 is 2.10 bits per heavy atom. The van der Waals surface area contributed by atoms with Crippen molar-refractivity contribution in [3.63, 3.8) is 0 Å². The van der Waals surface area contributed by atoms with Crippen LogP contribution >= 0.6 is 0 Å². The van der Waals surface area contributed by atoms with E-state index in [0.29, 0.717) is 0 Å². The molecule has 1 aromatic carbocycles. The van der Waals surface area contributed by atoms with Crippen LogP contribution in [0.2, 0.25) is 0 Å². The molecular weight excluding hydrogens is 119 g/mol. The molecule has 0 saturated heterocycles. The molecular formula is C7H7LiN2. The van der Waals surface area contributed by atoms with Gasteiger partial charge in [-0.3, -0.25) is 0 Å². The van der Waals surface area contributed by atoms with Crippen molar-refractivity contribution >= 4 is 11.0 Å². The molecule has 0 unspecified atom stereocenters. The van der Waals surface area contributed by atoms with Crippen LogP contribution in [0, 0.1) is 0 Å². The maximum Gasteiger partial charge on any atom is 1.00 e. The summed E-state index contributed by atoms with van der Waals surface area (Å²) in [7, 11) is 0. The number of para-hydroxylation sites is 2. The third-order valence-electron chi connectivity index (χ3n) is 1.33. The predicted octanol–water partition coefficient (Wildman–Crippen LogP) is -1.32. The standard InChI is InChI=1S/C7H6N2.Li.H/c1-2-4-7-6(3-1)8-5-9-7;;/h1-5H,(H,8,9);;/q;+1;-1. The summed E-state index contributed by atoms with van der Waals surface area (Å²) in [6.45, 7) is 0. The zero-order valence-corrected chi connectivity index (χ0v) is 5.83. The van der Waals surface area contributed by atoms with Gasteiger partial charge in [0.05, 0.1) is 17.4 Å². The fourth-order valence-electron chi connectivity index (χ4n) is 0.880. The van der Waals surface area contributed by atoms with Gasteiger partial charge in [0.15, 0.2) is 0 Å². The Balaban J connectivity index is 0.000000500. The molecule has 0 radical (unpaired) electrons. The van der Waals surface area contributed by atoms with Crippen molar-refractivity contribution in [1.82, 2.24) is 9.97 Å². The minimum absolute atomic E-state index is 0. The molecule has 2 rings (SSSR count). The van der Waals surface area contributed by atoms with Gasteiger partial charge < -0.3 is 6.41 Å². The summed E-state index contributed by atoms with van der Waals surface area (Å²) in [6.07, 6.45) is 1.70. The number of nitrogens with zero attached hydrogens (tertiary/aromatic N) is 1. The Labute approximate surface area is 72.3 Å². The molecule has 0 amide bonds. The molecule has 0 aliphatic heterocycles. The Hall–Kier alpha value is -0.713. The SMILES string of the molecule is [H-].[Li+].c1ccc2[nH]cnc2c1. The fraction of sp³-hybridized carbons (Fsp3) is 0. The number of hydrogen-bond acceptors (Lipinski definition) is 1. The molecule has 0 saturated carbocycles. The Morgan fingerprint density at radius 3 is 2.90 bits per heavy atom. The Morgan fingerprint density at radius 1 is 1.30 bits per heavy atom. The van der Waals surface area contributed by atoms with Crippen molar-refractivity contribution in [1.29, 1.82) is 0 Å². The van der Waals surface area contributed by atoms with Crippen molar-refractivity contribution < 1.29 is 20.3 Å². The maximum absolute atomic E-state index is 4.06. The van der Waals surface area contributed by atoms with Crippen LogP contribution in [-0.4, -0.2) is 9.97 Å². The van der Waals surface area contributed by atoms with Crippen LogP contribution in [-0.2, 0) is 0 Å². The van der Waals surface area contributed by atoms with E-state index in [4.69, 9.17) is 0 Å². The number of imidazole rings is 1. The smallest absolute Gasteiger partial charge is 1.00 e. The number of benzene rings is 1. The molecule has 1 aromatic heterocycles. The van der Waals surface area contributed by atoms with Crippen molar-refractivity contribution in [2.75, 3.05) is 0 Å². The molecule has 2 aromatic rings. The number of hydrogen-bond donors (Lipinski definition) is 1. The zero-order valence-electron chi connectivity index (χ0n) is 6.83. The van der Waals surface area contributed by atoms with Gasteiger partial charge in [-0.15, -0.1) is 0 Å². The van der Waals surface area contributed by atoms with E-state index in [1.807, 2.05) is 24.3 Å². The van der Waals surface area contributed by atoms with Gasteiger partial charge in [0.25, 0.3) is 0 Å². The molecule has 0 bridgehead atoms. The van der Waals surface area contributed by atoms with Gasteiger partial charge in [-0.2, -0.15) is 0 Å². The van der Waals surface area contributed by atoms with E-state index in [2.05, 4.69) is 9.97 Å². The molecule has 46 valence electrons.